The van der Waals surface area contributed by atoms with Crippen LogP contribution in [0, 0.1) is 11.3 Å². The third kappa shape index (κ3) is 3.36. The summed E-state index contributed by atoms with van der Waals surface area (Å²) in [6, 6.07) is 7.23. The Morgan fingerprint density at radius 1 is 1.48 bits per heavy atom. The first-order valence-electron chi connectivity index (χ1n) is 6.62. The number of nitriles is 1. The van der Waals surface area contributed by atoms with Crippen LogP contribution >= 0.6 is 11.6 Å². The lowest BCUT2D eigenvalue weighted by molar-refractivity contribution is 0.589. The van der Waals surface area contributed by atoms with Crippen molar-refractivity contribution in [2.45, 2.75) is 25.8 Å². The molecule has 112 valence electrons. The molecule has 1 aromatic carbocycles. The molecule has 0 aliphatic rings. The van der Waals surface area contributed by atoms with E-state index in [2.05, 4.69) is 11.1 Å². The van der Waals surface area contributed by atoms with E-state index in [-0.39, 0.29) is 23.4 Å². The maximum atomic E-state index is 11.7. The summed E-state index contributed by atoms with van der Waals surface area (Å²) in [4.78, 5) is 4.44. The summed E-state index contributed by atoms with van der Waals surface area (Å²) >= 11 is 6.14. The fourth-order valence-corrected chi connectivity index (χ4v) is 3.04. The monoisotopic (exact) mass is 325 g/mol. The summed E-state index contributed by atoms with van der Waals surface area (Å²) in [6.45, 7) is 3.70. The number of hydrogen-bond acceptors (Lipinski definition) is 4. The average Bonchev–Trinajstić information content (AvgIpc) is 2.83. The first-order valence-corrected chi connectivity index (χ1v) is 8.88. The number of nitrogens with zero attached hydrogens (tertiary/aromatic N) is 3. The molecule has 1 atom stereocenters. The van der Waals surface area contributed by atoms with Crippen LogP contribution in [0.5, 0.6) is 0 Å². The minimum Gasteiger partial charge on any atom is -0.326 e. The molecule has 1 aromatic heterocycles. The fraction of sp³-hybridized carbons (Fsp3) is 0.429. The molecule has 1 heterocycles. The number of hydrogen-bond donors (Lipinski definition) is 0. The Hall–Kier alpha value is -1.58. The van der Waals surface area contributed by atoms with E-state index in [1.807, 2.05) is 0 Å². The van der Waals surface area contributed by atoms with Crippen molar-refractivity contribution in [1.29, 1.82) is 5.26 Å². The molecule has 0 saturated carbocycles. The predicted molar refractivity (Wildman–Crippen MR) is 83.0 cm³/mol. The summed E-state index contributed by atoms with van der Waals surface area (Å²) in [6.07, 6.45) is 0. The molecule has 0 N–H and O–H groups in total. The van der Waals surface area contributed by atoms with Crippen LogP contribution in [-0.2, 0) is 16.4 Å². The molecule has 21 heavy (non-hydrogen) atoms. The number of rotatable bonds is 5. The average molecular weight is 326 g/mol. The quantitative estimate of drug-likeness (QED) is 0.792. The SMILES string of the molecule is CCS(=O)(=O)CCn1c(C(C)Cl)nc2ccc(C#N)cc21. The van der Waals surface area contributed by atoms with Gasteiger partial charge in [0.2, 0.25) is 0 Å². The lowest BCUT2D eigenvalue weighted by atomic mass is 10.2. The van der Waals surface area contributed by atoms with Crippen molar-refractivity contribution < 1.29 is 8.42 Å². The summed E-state index contributed by atoms with van der Waals surface area (Å²) in [7, 11) is -3.08. The molecule has 0 fully saturated rings. The van der Waals surface area contributed by atoms with Gasteiger partial charge in [0, 0.05) is 12.3 Å². The largest absolute Gasteiger partial charge is 0.326 e. The van der Waals surface area contributed by atoms with Crippen LogP contribution in [0.4, 0.5) is 0 Å². The highest BCUT2D eigenvalue weighted by atomic mass is 35.5. The van der Waals surface area contributed by atoms with Crippen molar-refractivity contribution in [1.82, 2.24) is 9.55 Å². The number of alkyl halides is 1. The molecule has 0 amide bonds. The van der Waals surface area contributed by atoms with Gasteiger partial charge in [-0.25, -0.2) is 13.4 Å². The van der Waals surface area contributed by atoms with Gasteiger partial charge < -0.3 is 4.57 Å². The lowest BCUT2D eigenvalue weighted by Crippen LogP contribution is -2.16. The lowest BCUT2D eigenvalue weighted by Gasteiger charge is -2.10. The number of imidazole rings is 1. The van der Waals surface area contributed by atoms with Gasteiger partial charge in [0.25, 0.3) is 0 Å². The minimum atomic E-state index is -3.08. The molecular weight excluding hydrogens is 310 g/mol. The molecule has 7 heteroatoms. The van der Waals surface area contributed by atoms with Crippen LogP contribution in [0.2, 0.25) is 0 Å². The maximum Gasteiger partial charge on any atom is 0.151 e. The van der Waals surface area contributed by atoms with Gasteiger partial charge in [0.15, 0.2) is 9.84 Å². The zero-order valence-electron chi connectivity index (χ0n) is 11.9. The summed E-state index contributed by atoms with van der Waals surface area (Å²) in [5, 5.41) is 8.66. The normalized spacial score (nSPS) is 13.2. The van der Waals surface area contributed by atoms with Gasteiger partial charge in [-0.05, 0) is 25.1 Å². The molecule has 2 aromatic rings. The Balaban J connectivity index is 2.52. The highest BCUT2D eigenvalue weighted by Crippen LogP contribution is 2.25. The van der Waals surface area contributed by atoms with E-state index in [0.29, 0.717) is 16.9 Å². The highest BCUT2D eigenvalue weighted by Gasteiger charge is 2.17. The maximum absolute atomic E-state index is 11.7. The van der Waals surface area contributed by atoms with Crippen molar-refractivity contribution in [2.24, 2.45) is 0 Å². The van der Waals surface area contributed by atoms with E-state index in [4.69, 9.17) is 16.9 Å². The second-order valence-electron chi connectivity index (χ2n) is 4.79. The first kappa shape index (κ1) is 15.8. The van der Waals surface area contributed by atoms with Crippen LogP contribution in [0.3, 0.4) is 0 Å². The second kappa shape index (κ2) is 6.04. The molecule has 0 aliphatic carbocycles. The molecule has 0 aliphatic heterocycles. The van der Waals surface area contributed by atoms with E-state index in [0.717, 1.165) is 5.52 Å². The number of halogens is 1. The standard InChI is InChI=1S/C14H16ClN3O2S/c1-3-21(19,20)7-6-18-13-8-11(9-16)4-5-12(13)17-14(18)10(2)15/h4-5,8,10H,3,6-7H2,1-2H3. The van der Waals surface area contributed by atoms with Gasteiger partial charge in [-0.2, -0.15) is 5.26 Å². The van der Waals surface area contributed by atoms with Crippen molar-refractivity contribution in [3.63, 3.8) is 0 Å². The van der Waals surface area contributed by atoms with E-state index >= 15 is 0 Å². The zero-order chi connectivity index (χ0) is 15.6. The van der Waals surface area contributed by atoms with Crippen LogP contribution in [0.25, 0.3) is 11.0 Å². The van der Waals surface area contributed by atoms with Gasteiger partial charge in [-0.15, -0.1) is 11.6 Å². The van der Waals surface area contributed by atoms with Crippen LogP contribution in [-0.4, -0.2) is 29.5 Å². The Morgan fingerprint density at radius 2 is 2.19 bits per heavy atom. The van der Waals surface area contributed by atoms with E-state index in [1.165, 1.54) is 0 Å². The van der Waals surface area contributed by atoms with E-state index < -0.39 is 9.84 Å². The Kier molecular flexibility index (Phi) is 4.55. The van der Waals surface area contributed by atoms with E-state index in [1.54, 1.807) is 36.6 Å². The topological polar surface area (TPSA) is 75.8 Å². The minimum absolute atomic E-state index is 0.0301. The number of sulfone groups is 1. The van der Waals surface area contributed by atoms with E-state index in [9.17, 15) is 8.42 Å². The van der Waals surface area contributed by atoms with Crippen LogP contribution in [0.15, 0.2) is 18.2 Å². The third-order valence-corrected chi connectivity index (χ3v) is 5.21. The van der Waals surface area contributed by atoms with Gasteiger partial charge in [0.05, 0.1) is 33.8 Å². The highest BCUT2D eigenvalue weighted by molar-refractivity contribution is 7.91. The number of aromatic nitrogens is 2. The first-order chi connectivity index (χ1) is 9.88. The van der Waals surface area contributed by atoms with Crippen molar-refractivity contribution in [2.75, 3.05) is 11.5 Å². The summed E-state index contributed by atoms with van der Waals surface area (Å²) in [5.74, 6) is 0.755. The summed E-state index contributed by atoms with van der Waals surface area (Å²) in [5.41, 5.74) is 1.96. The summed E-state index contributed by atoms with van der Waals surface area (Å²) < 4.78 is 25.2. The molecule has 0 radical (unpaired) electrons. The van der Waals surface area contributed by atoms with Gasteiger partial charge in [-0.3, -0.25) is 0 Å². The van der Waals surface area contributed by atoms with Crippen LogP contribution < -0.4 is 0 Å². The molecule has 1 unspecified atom stereocenters. The molecule has 0 saturated heterocycles. The Labute approximate surface area is 129 Å². The Morgan fingerprint density at radius 3 is 2.76 bits per heavy atom. The number of aryl methyl sites for hydroxylation is 1. The molecule has 2 rings (SSSR count). The van der Waals surface area contributed by atoms with Crippen LogP contribution in [0.1, 0.15) is 30.6 Å². The number of benzene rings is 1. The smallest absolute Gasteiger partial charge is 0.151 e. The zero-order valence-corrected chi connectivity index (χ0v) is 13.4. The third-order valence-electron chi connectivity index (χ3n) is 3.33. The molecule has 0 spiro atoms. The van der Waals surface area contributed by atoms with Gasteiger partial charge >= 0.3 is 0 Å². The molecule has 5 nitrogen and oxygen atoms in total. The van der Waals surface area contributed by atoms with Crippen molar-refractivity contribution >= 4 is 32.5 Å². The molecule has 0 bridgehead atoms. The predicted octanol–water partition coefficient (Wildman–Crippen LogP) is 2.64. The second-order valence-corrected chi connectivity index (χ2v) is 7.92. The fourth-order valence-electron chi connectivity index (χ4n) is 2.12. The molecular formula is C14H16ClN3O2S. The Bertz CT molecular complexity index is 803. The van der Waals surface area contributed by atoms with Crippen molar-refractivity contribution in [3.05, 3.63) is 29.6 Å². The van der Waals surface area contributed by atoms with Gasteiger partial charge in [0.1, 0.15) is 5.82 Å². The van der Waals surface area contributed by atoms with Gasteiger partial charge in [-0.1, -0.05) is 6.92 Å². The number of fused-ring (bicyclic) bond motifs is 1. The van der Waals surface area contributed by atoms with Crippen molar-refractivity contribution in [3.8, 4) is 6.07 Å².